The summed E-state index contributed by atoms with van der Waals surface area (Å²) in [6, 6.07) is 15.0. The molecule has 0 amide bonds. The zero-order valence-corrected chi connectivity index (χ0v) is 14.3. The van der Waals surface area contributed by atoms with E-state index in [0.29, 0.717) is 5.52 Å². The standard InChI is InChI=1S/C19H20N4O3/c24-19-20-17-12-16(23(25)26)6-7-18(17)22(19)15-8-10-21(11-9-15)13-14-4-2-1-3-5-14/h1-7,12,15H,8-11,13H2,(H,20,24). The monoisotopic (exact) mass is 352 g/mol. The van der Waals surface area contributed by atoms with Gasteiger partial charge in [0.15, 0.2) is 0 Å². The lowest BCUT2D eigenvalue weighted by molar-refractivity contribution is -0.384. The van der Waals surface area contributed by atoms with Crippen LogP contribution in [0, 0.1) is 10.1 Å². The lowest BCUT2D eigenvalue weighted by Gasteiger charge is -2.32. The molecule has 0 atom stereocenters. The number of piperidine rings is 1. The van der Waals surface area contributed by atoms with Gasteiger partial charge >= 0.3 is 5.69 Å². The number of nitrogens with zero attached hydrogens (tertiary/aromatic N) is 3. The minimum absolute atomic E-state index is 0.0106. The third-order valence-electron chi connectivity index (χ3n) is 5.08. The summed E-state index contributed by atoms with van der Waals surface area (Å²) in [6.07, 6.45) is 1.77. The first-order chi connectivity index (χ1) is 12.6. The average Bonchev–Trinajstić information content (AvgIpc) is 2.98. The van der Waals surface area contributed by atoms with Gasteiger partial charge in [0.1, 0.15) is 0 Å². The fourth-order valence-electron chi connectivity index (χ4n) is 3.77. The summed E-state index contributed by atoms with van der Waals surface area (Å²) in [5.41, 5.74) is 2.35. The van der Waals surface area contributed by atoms with Gasteiger partial charge in [0.25, 0.3) is 5.69 Å². The van der Waals surface area contributed by atoms with E-state index in [1.807, 2.05) is 18.2 Å². The maximum atomic E-state index is 12.4. The fourth-order valence-corrected chi connectivity index (χ4v) is 3.77. The molecule has 2 heterocycles. The number of fused-ring (bicyclic) bond motifs is 1. The third-order valence-corrected chi connectivity index (χ3v) is 5.08. The molecule has 7 nitrogen and oxygen atoms in total. The van der Waals surface area contributed by atoms with Crippen molar-refractivity contribution in [2.75, 3.05) is 13.1 Å². The molecule has 7 heteroatoms. The van der Waals surface area contributed by atoms with Crippen LogP contribution < -0.4 is 5.69 Å². The number of H-pyrrole nitrogens is 1. The number of hydrogen-bond donors (Lipinski definition) is 1. The van der Waals surface area contributed by atoms with Crippen LogP contribution in [-0.4, -0.2) is 32.5 Å². The van der Waals surface area contributed by atoms with Gasteiger partial charge in [0, 0.05) is 37.8 Å². The Kier molecular flexibility index (Phi) is 4.30. The molecule has 1 fully saturated rings. The summed E-state index contributed by atoms with van der Waals surface area (Å²) in [7, 11) is 0. The molecule has 1 aliphatic rings. The highest BCUT2D eigenvalue weighted by Crippen LogP contribution is 2.27. The Labute approximate surface area is 150 Å². The molecule has 3 aromatic rings. The first-order valence-corrected chi connectivity index (χ1v) is 8.77. The largest absolute Gasteiger partial charge is 0.326 e. The summed E-state index contributed by atoms with van der Waals surface area (Å²) < 4.78 is 1.76. The number of nitrogens with one attached hydrogen (secondary N) is 1. The summed E-state index contributed by atoms with van der Waals surface area (Å²) in [6.45, 7) is 2.76. The van der Waals surface area contributed by atoms with Gasteiger partial charge < -0.3 is 4.98 Å². The second kappa shape index (κ2) is 6.76. The van der Waals surface area contributed by atoms with Crippen molar-refractivity contribution >= 4 is 16.7 Å². The van der Waals surface area contributed by atoms with Crippen molar-refractivity contribution in [3.05, 3.63) is 74.7 Å². The molecule has 0 aliphatic carbocycles. The topological polar surface area (TPSA) is 84.2 Å². The van der Waals surface area contributed by atoms with Gasteiger partial charge in [-0.1, -0.05) is 30.3 Å². The molecule has 0 spiro atoms. The van der Waals surface area contributed by atoms with E-state index in [-0.39, 0.29) is 17.4 Å². The van der Waals surface area contributed by atoms with Gasteiger partial charge in [-0.25, -0.2) is 4.79 Å². The highest BCUT2D eigenvalue weighted by molar-refractivity contribution is 5.78. The lowest BCUT2D eigenvalue weighted by atomic mass is 10.0. The Morgan fingerprint density at radius 3 is 2.54 bits per heavy atom. The van der Waals surface area contributed by atoms with Gasteiger partial charge in [0.2, 0.25) is 0 Å². The van der Waals surface area contributed by atoms with E-state index in [0.717, 1.165) is 38.0 Å². The van der Waals surface area contributed by atoms with Crippen LogP contribution in [0.5, 0.6) is 0 Å². The van der Waals surface area contributed by atoms with Crippen LogP contribution in [0.25, 0.3) is 11.0 Å². The normalized spacial score (nSPS) is 16.2. The molecule has 0 unspecified atom stereocenters. The van der Waals surface area contributed by atoms with Gasteiger partial charge in [-0.2, -0.15) is 0 Å². The van der Waals surface area contributed by atoms with Crippen molar-refractivity contribution in [2.45, 2.75) is 25.4 Å². The number of hydrogen-bond acceptors (Lipinski definition) is 4. The number of aromatic amines is 1. The zero-order chi connectivity index (χ0) is 18.1. The Bertz CT molecular complexity index is 985. The zero-order valence-electron chi connectivity index (χ0n) is 14.3. The first-order valence-electron chi connectivity index (χ1n) is 8.77. The van der Waals surface area contributed by atoms with Crippen molar-refractivity contribution in [2.24, 2.45) is 0 Å². The number of likely N-dealkylation sites (tertiary alicyclic amines) is 1. The Hall–Kier alpha value is -2.93. The summed E-state index contributed by atoms with van der Waals surface area (Å²) >= 11 is 0. The molecule has 0 radical (unpaired) electrons. The predicted molar refractivity (Wildman–Crippen MR) is 99.2 cm³/mol. The summed E-state index contributed by atoms with van der Waals surface area (Å²) in [5.74, 6) is 0. The third kappa shape index (κ3) is 3.13. The van der Waals surface area contributed by atoms with E-state index in [1.165, 1.54) is 17.7 Å². The molecule has 0 bridgehead atoms. The molecular formula is C19H20N4O3. The smallest absolute Gasteiger partial charge is 0.305 e. The molecule has 134 valence electrons. The van der Waals surface area contributed by atoms with E-state index in [4.69, 9.17) is 0 Å². The van der Waals surface area contributed by atoms with Crippen LogP contribution in [-0.2, 0) is 6.54 Å². The van der Waals surface area contributed by atoms with Gasteiger partial charge in [0.05, 0.1) is 16.0 Å². The maximum Gasteiger partial charge on any atom is 0.326 e. The van der Waals surface area contributed by atoms with Crippen molar-refractivity contribution in [1.82, 2.24) is 14.5 Å². The molecule has 1 N–H and O–H groups in total. The van der Waals surface area contributed by atoms with Crippen LogP contribution in [0.15, 0.2) is 53.3 Å². The summed E-state index contributed by atoms with van der Waals surface area (Å²) in [5, 5.41) is 10.9. The summed E-state index contributed by atoms with van der Waals surface area (Å²) in [4.78, 5) is 28.1. The highest BCUT2D eigenvalue weighted by Gasteiger charge is 2.24. The van der Waals surface area contributed by atoms with Crippen molar-refractivity contribution in [3.63, 3.8) is 0 Å². The van der Waals surface area contributed by atoms with Gasteiger partial charge in [-0.3, -0.25) is 19.6 Å². The molecule has 26 heavy (non-hydrogen) atoms. The van der Waals surface area contributed by atoms with Gasteiger partial charge in [-0.15, -0.1) is 0 Å². The Morgan fingerprint density at radius 2 is 1.85 bits per heavy atom. The van der Waals surface area contributed by atoms with Gasteiger partial charge in [-0.05, 0) is 24.5 Å². The van der Waals surface area contributed by atoms with Crippen LogP contribution in [0.4, 0.5) is 5.69 Å². The van der Waals surface area contributed by atoms with Crippen LogP contribution in [0.3, 0.4) is 0 Å². The number of nitro groups is 1. The minimum atomic E-state index is -0.447. The second-order valence-electron chi connectivity index (χ2n) is 6.75. The lowest BCUT2D eigenvalue weighted by Crippen LogP contribution is -2.36. The van der Waals surface area contributed by atoms with Crippen LogP contribution in [0.2, 0.25) is 0 Å². The molecule has 4 rings (SSSR count). The van der Waals surface area contributed by atoms with E-state index in [2.05, 4.69) is 22.0 Å². The average molecular weight is 352 g/mol. The van der Waals surface area contributed by atoms with E-state index in [1.54, 1.807) is 10.6 Å². The minimum Gasteiger partial charge on any atom is -0.305 e. The number of non-ortho nitro benzene ring substituents is 1. The van der Waals surface area contributed by atoms with Crippen LogP contribution >= 0.6 is 0 Å². The highest BCUT2D eigenvalue weighted by atomic mass is 16.6. The first kappa shape index (κ1) is 16.5. The number of aromatic nitrogens is 2. The maximum absolute atomic E-state index is 12.4. The number of imidazole rings is 1. The number of rotatable bonds is 4. The van der Waals surface area contributed by atoms with Crippen molar-refractivity contribution in [3.8, 4) is 0 Å². The molecule has 1 aliphatic heterocycles. The second-order valence-corrected chi connectivity index (χ2v) is 6.75. The fraction of sp³-hybridized carbons (Fsp3) is 0.316. The molecule has 2 aromatic carbocycles. The number of nitro benzene ring substituents is 1. The molecule has 1 aromatic heterocycles. The van der Waals surface area contributed by atoms with Crippen LogP contribution in [0.1, 0.15) is 24.4 Å². The molecule has 0 saturated carbocycles. The van der Waals surface area contributed by atoms with E-state index < -0.39 is 4.92 Å². The molecular weight excluding hydrogens is 332 g/mol. The predicted octanol–water partition coefficient (Wildman–Crippen LogP) is 3.07. The Balaban J connectivity index is 1.51. The van der Waals surface area contributed by atoms with E-state index >= 15 is 0 Å². The number of benzene rings is 2. The Morgan fingerprint density at radius 1 is 1.12 bits per heavy atom. The van der Waals surface area contributed by atoms with Crippen molar-refractivity contribution in [1.29, 1.82) is 0 Å². The van der Waals surface area contributed by atoms with E-state index in [9.17, 15) is 14.9 Å². The quantitative estimate of drug-likeness (QED) is 0.578. The molecule has 1 saturated heterocycles. The SMILES string of the molecule is O=c1[nH]c2cc([N+](=O)[O-])ccc2n1C1CCN(Cc2ccccc2)CC1. The van der Waals surface area contributed by atoms with Crippen molar-refractivity contribution < 1.29 is 4.92 Å².